The third-order valence-corrected chi connectivity index (χ3v) is 4.63. The van der Waals surface area contributed by atoms with E-state index in [0.29, 0.717) is 11.4 Å². The van der Waals surface area contributed by atoms with Gasteiger partial charge in [0.05, 0.1) is 11.5 Å². The van der Waals surface area contributed by atoms with E-state index < -0.39 is 20.5 Å². The summed E-state index contributed by atoms with van der Waals surface area (Å²) >= 11 is 0. The highest BCUT2D eigenvalue weighted by Crippen LogP contribution is 2.26. The van der Waals surface area contributed by atoms with Crippen LogP contribution >= 0.6 is 0 Å². The lowest BCUT2D eigenvalue weighted by atomic mass is 10.2. The van der Waals surface area contributed by atoms with Crippen molar-refractivity contribution in [1.29, 1.82) is 0 Å². The molecule has 0 bridgehead atoms. The first-order chi connectivity index (χ1) is 11.3. The number of hydrogen-bond donors (Lipinski definition) is 2. The van der Waals surface area contributed by atoms with Gasteiger partial charge in [0.25, 0.3) is 0 Å². The Hall–Kier alpha value is -2.19. The quantitative estimate of drug-likeness (QED) is 0.796. The summed E-state index contributed by atoms with van der Waals surface area (Å²) in [5, 5.41) is 11.8. The molecule has 5 nitrogen and oxygen atoms in total. The SMILES string of the molecule is Cc1cc(Nc2ccc(S(=O)(=O)C(F)F)cc2)ccc1OCCO. The molecule has 130 valence electrons. The van der Waals surface area contributed by atoms with E-state index in [2.05, 4.69) is 5.32 Å². The number of aryl methyl sites for hydroxylation is 1. The van der Waals surface area contributed by atoms with E-state index in [0.717, 1.165) is 23.4 Å². The first-order valence-electron chi connectivity index (χ1n) is 7.08. The highest BCUT2D eigenvalue weighted by atomic mass is 32.2. The van der Waals surface area contributed by atoms with Crippen molar-refractivity contribution in [2.75, 3.05) is 18.5 Å². The number of alkyl halides is 2. The molecule has 0 aliphatic rings. The monoisotopic (exact) mass is 357 g/mol. The summed E-state index contributed by atoms with van der Waals surface area (Å²) in [5.41, 5.74) is 2.14. The fraction of sp³-hybridized carbons (Fsp3) is 0.250. The van der Waals surface area contributed by atoms with E-state index in [1.54, 1.807) is 12.1 Å². The van der Waals surface area contributed by atoms with E-state index in [1.807, 2.05) is 13.0 Å². The molecule has 0 fully saturated rings. The van der Waals surface area contributed by atoms with Crippen LogP contribution in [0, 0.1) is 6.92 Å². The zero-order valence-corrected chi connectivity index (χ0v) is 13.7. The minimum atomic E-state index is -4.59. The van der Waals surface area contributed by atoms with Crippen LogP contribution in [0.5, 0.6) is 5.75 Å². The molecule has 0 aliphatic heterocycles. The molecule has 0 amide bonds. The lowest BCUT2D eigenvalue weighted by Crippen LogP contribution is -2.11. The molecule has 24 heavy (non-hydrogen) atoms. The number of hydrogen-bond acceptors (Lipinski definition) is 5. The Bertz CT molecular complexity index is 792. The maximum Gasteiger partial charge on any atom is 0.341 e. The molecule has 0 aliphatic carbocycles. The second kappa shape index (κ2) is 7.59. The van der Waals surface area contributed by atoms with Crippen molar-refractivity contribution in [2.45, 2.75) is 17.6 Å². The normalized spacial score (nSPS) is 11.5. The Labute approximate surface area is 138 Å². The summed E-state index contributed by atoms with van der Waals surface area (Å²) in [7, 11) is -4.59. The third-order valence-electron chi connectivity index (χ3n) is 3.23. The predicted octanol–water partition coefficient (Wildman–Crippen LogP) is 3.11. The summed E-state index contributed by atoms with van der Waals surface area (Å²) in [4.78, 5) is -0.424. The molecule has 0 saturated carbocycles. The first kappa shape index (κ1) is 18.2. The van der Waals surface area contributed by atoms with Crippen LogP contribution in [0.25, 0.3) is 0 Å². The third kappa shape index (κ3) is 4.21. The zero-order chi connectivity index (χ0) is 17.7. The van der Waals surface area contributed by atoms with Crippen LogP contribution in [0.1, 0.15) is 5.56 Å². The van der Waals surface area contributed by atoms with Crippen molar-refractivity contribution in [3.63, 3.8) is 0 Å². The van der Waals surface area contributed by atoms with Gasteiger partial charge in [-0.15, -0.1) is 0 Å². The molecule has 8 heteroatoms. The standard InChI is InChI=1S/C16H17F2NO4S/c1-11-10-13(4-7-15(11)23-9-8-20)19-12-2-5-14(6-3-12)24(21,22)16(17)18/h2-7,10,16,19-20H,8-9H2,1H3. The molecule has 0 radical (unpaired) electrons. The van der Waals surface area contributed by atoms with Gasteiger partial charge < -0.3 is 15.2 Å². The molecule has 0 saturated heterocycles. The first-order valence-corrected chi connectivity index (χ1v) is 8.62. The molecule has 2 aromatic rings. The Morgan fingerprint density at radius 3 is 2.29 bits per heavy atom. The van der Waals surface area contributed by atoms with Crippen molar-refractivity contribution < 1.29 is 27.0 Å². The largest absolute Gasteiger partial charge is 0.491 e. The van der Waals surface area contributed by atoms with E-state index in [-0.39, 0.29) is 13.2 Å². The molecule has 0 atom stereocenters. The summed E-state index contributed by atoms with van der Waals surface area (Å²) in [6.45, 7) is 1.97. The van der Waals surface area contributed by atoms with Crippen LogP contribution in [0.15, 0.2) is 47.4 Å². The molecule has 0 aromatic heterocycles. The van der Waals surface area contributed by atoms with Gasteiger partial charge in [-0.25, -0.2) is 8.42 Å². The maximum atomic E-state index is 12.5. The van der Waals surface area contributed by atoms with Gasteiger partial charge in [0, 0.05) is 11.4 Å². The zero-order valence-electron chi connectivity index (χ0n) is 12.9. The number of benzene rings is 2. The number of ether oxygens (including phenoxy) is 1. The number of nitrogens with one attached hydrogen (secondary N) is 1. The molecular weight excluding hydrogens is 340 g/mol. The molecule has 2 N–H and O–H groups in total. The molecule has 0 spiro atoms. The van der Waals surface area contributed by atoms with Crippen molar-refractivity contribution >= 4 is 21.2 Å². The molecule has 0 heterocycles. The fourth-order valence-electron chi connectivity index (χ4n) is 2.04. The second-order valence-electron chi connectivity index (χ2n) is 5.01. The number of halogens is 2. The summed E-state index contributed by atoms with van der Waals surface area (Å²) in [5.74, 6) is -2.79. The van der Waals surface area contributed by atoms with Crippen molar-refractivity contribution in [2.24, 2.45) is 0 Å². The Morgan fingerprint density at radius 2 is 1.75 bits per heavy atom. The van der Waals surface area contributed by atoms with E-state index in [9.17, 15) is 17.2 Å². The topological polar surface area (TPSA) is 75.6 Å². The van der Waals surface area contributed by atoms with Crippen LogP contribution in [-0.4, -0.2) is 32.5 Å². The number of aliphatic hydroxyl groups excluding tert-OH is 1. The highest BCUT2D eigenvalue weighted by molar-refractivity contribution is 7.91. The average molecular weight is 357 g/mol. The fourth-order valence-corrected chi connectivity index (χ4v) is 2.76. The van der Waals surface area contributed by atoms with Gasteiger partial charge in [0.1, 0.15) is 12.4 Å². The second-order valence-corrected chi connectivity index (χ2v) is 6.93. The van der Waals surface area contributed by atoms with E-state index >= 15 is 0 Å². The lowest BCUT2D eigenvalue weighted by molar-refractivity contribution is 0.200. The van der Waals surface area contributed by atoms with Crippen LogP contribution < -0.4 is 10.1 Å². The van der Waals surface area contributed by atoms with Crippen molar-refractivity contribution in [3.8, 4) is 5.75 Å². The van der Waals surface area contributed by atoms with Crippen molar-refractivity contribution in [1.82, 2.24) is 0 Å². The van der Waals surface area contributed by atoms with Crippen LogP contribution in [0.3, 0.4) is 0 Å². The smallest absolute Gasteiger partial charge is 0.341 e. The number of anilines is 2. The minimum absolute atomic E-state index is 0.0761. The average Bonchev–Trinajstić information content (AvgIpc) is 2.54. The van der Waals surface area contributed by atoms with Gasteiger partial charge in [-0.05, 0) is 55.0 Å². The minimum Gasteiger partial charge on any atom is -0.491 e. The molecular formula is C16H17F2NO4S. The number of aliphatic hydroxyl groups is 1. The lowest BCUT2D eigenvalue weighted by Gasteiger charge is -2.12. The predicted molar refractivity (Wildman–Crippen MR) is 86.7 cm³/mol. The maximum absolute atomic E-state index is 12.5. The highest BCUT2D eigenvalue weighted by Gasteiger charge is 2.26. The molecule has 0 unspecified atom stereocenters. The Balaban J connectivity index is 2.13. The van der Waals surface area contributed by atoms with Crippen molar-refractivity contribution in [3.05, 3.63) is 48.0 Å². The van der Waals surface area contributed by atoms with Crippen LogP contribution in [0.4, 0.5) is 20.2 Å². The van der Waals surface area contributed by atoms with Gasteiger partial charge in [-0.2, -0.15) is 8.78 Å². The van der Waals surface area contributed by atoms with E-state index in [1.165, 1.54) is 12.1 Å². The van der Waals surface area contributed by atoms with Gasteiger partial charge >= 0.3 is 5.76 Å². The van der Waals surface area contributed by atoms with Crippen LogP contribution in [0.2, 0.25) is 0 Å². The number of rotatable bonds is 7. The summed E-state index contributed by atoms with van der Waals surface area (Å²) in [6, 6.07) is 10.4. The van der Waals surface area contributed by atoms with Crippen LogP contribution in [-0.2, 0) is 9.84 Å². The Morgan fingerprint density at radius 1 is 1.12 bits per heavy atom. The summed E-state index contributed by atoms with van der Waals surface area (Å²) in [6.07, 6.45) is 0. The Kier molecular flexibility index (Phi) is 5.74. The van der Waals surface area contributed by atoms with E-state index in [4.69, 9.17) is 9.84 Å². The van der Waals surface area contributed by atoms with Gasteiger partial charge in [-0.1, -0.05) is 0 Å². The van der Waals surface area contributed by atoms with Gasteiger partial charge in [0.2, 0.25) is 9.84 Å². The van der Waals surface area contributed by atoms with Gasteiger partial charge in [0.15, 0.2) is 0 Å². The summed E-state index contributed by atoms with van der Waals surface area (Å²) < 4.78 is 53.1. The number of sulfone groups is 1. The molecule has 2 aromatic carbocycles. The molecule has 2 rings (SSSR count). The van der Waals surface area contributed by atoms with Gasteiger partial charge in [-0.3, -0.25) is 0 Å².